The molecule has 0 amide bonds. The molecule has 0 saturated heterocycles. The standard InChI is InChI=1S/C19H11F3N4O2S/c20-19(21,22)14-9-23-17(29-14)13-7-3-11(4-8-13)10-1-5-12(6-2-10)15-16(18(27)28)25-26-24-15/h1-9H,(H,27,28)(H,24,25,26). The van der Waals surface area contributed by atoms with E-state index in [0.717, 1.165) is 17.3 Å². The Hall–Kier alpha value is -3.53. The highest BCUT2D eigenvalue weighted by Crippen LogP contribution is 2.37. The number of carboxylic acids is 1. The Morgan fingerprint density at radius 1 is 0.897 bits per heavy atom. The molecule has 2 aromatic carbocycles. The van der Waals surface area contributed by atoms with Gasteiger partial charge in [0.15, 0.2) is 5.69 Å². The van der Waals surface area contributed by atoms with Gasteiger partial charge in [-0.05, 0) is 11.1 Å². The van der Waals surface area contributed by atoms with Crippen LogP contribution >= 0.6 is 11.3 Å². The first kappa shape index (κ1) is 18.8. The van der Waals surface area contributed by atoms with E-state index in [1.807, 2.05) is 0 Å². The maximum Gasteiger partial charge on any atom is 0.427 e. The molecule has 4 aromatic rings. The van der Waals surface area contributed by atoms with Gasteiger partial charge in [-0.1, -0.05) is 48.5 Å². The van der Waals surface area contributed by atoms with Crippen molar-refractivity contribution in [2.24, 2.45) is 0 Å². The molecule has 0 bridgehead atoms. The molecule has 2 aromatic heterocycles. The number of aromatic carboxylic acids is 1. The number of nitrogens with zero attached hydrogens (tertiary/aromatic N) is 3. The van der Waals surface area contributed by atoms with Crippen LogP contribution in [0.1, 0.15) is 15.4 Å². The lowest BCUT2D eigenvalue weighted by Crippen LogP contribution is -2.00. The van der Waals surface area contributed by atoms with Gasteiger partial charge < -0.3 is 5.11 Å². The summed E-state index contributed by atoms with van der Waals surface area (Å²) in [5.74, 6) is -1.18. The van der Waals surface area contributed by atoms with Crippen molar-refractivity contribution in [1.82, 2.24) is 20.4 Å². The molecule has 0 aliphatic heterocycles. The number of aromatic amines is 1. The third-order valence-electron chi connectivity index (χ3n) is 4.16. The monoisotopic (exact) mass is 416 g/mol. The summed E-state index contributed by atoms with van der Waals surface area (Å²) in [6, 6.07) is 14.1. The van der Waals surface area contributed by atoms with Gasteiger partial charge in [0.05, 0.1) is 6.20 Å². The second kappa shape index (κ2) is 7.13. The Balaban J connectivity index is 1.57. The lowest BCUT2D eigenvalue weighted by molar-refractivity contribution is -0.134. The zero-order valence-corrected chi connectivity index (χ0v) is 15.3. The lowest BCUT2D eigenvalue weighted by atomic mass is 10.0. The molecule has 0 unspecified atom stereocenters. The number of nitrogens with one attached hydrogen (secondary N) is 1. The van der Waals surface area contributed by atoms with Crippen LogP contribution in [0.15, 0.2) is 54.7 Å². The van der Waals surface area contributed by atoms with Gasteiger partial charge in [-0.15, -0.1) is 16.4 Å². The van der Waals surface area contributed by atoms with Crippen molar-refractivity contribution in [1.29, 1.82) is 0 Å². The number of carboxylic acid groups (broad SMARTS) is 1. The van der Waals surface area contributed by atoms with Crippen molar-refractivity contribution in [3.63, 3.8) is 0 Å². The van der Waals surface area contributed by atoms with Crippen LogP contribution in [-0.4, -0.2) is 31.5 Å². The van der Waals surface area contributed by atoms with E-state index in [9.17, 15) is 18.0 Å². The van der Waals surface area contributed by atoms with Crippen molar-refractivity contribution >= 4 is 17.3 Å². The van der Waals surface area contributed by atoms with E-state index in [1.54, 1.807) is 48.5 Å². The first-order chi connectivity index (χ1) is 13.8. The van der Waals surface area contributed by atoms with E-state index in [4.69, 9.17) is 5.11 Å². The molecule has 2 heterocycles. The minimum absolute atomic E-state index is 0.163. The lowest BCUT2D eigenvalue weighted by Gasteiger charge is -2.05. The van der Waals surface area contributed by atoms with Crippen molar-refractivity contribution in [2.45, 2.75) is 6.18 Å². The van der Waals surface area contributed by atoms with Crippen molar-refractivity contribution in [3.05, 3.63) is 65.3 Å². The molecular formula is C19H11F3N4O2S. The van der Waals surface area contributed by atoms with E-state index < -0.39 is 17.0 Å². The zero-order chi connectivity index (χ0) is 20.6. The predicted molar refractivity (Wildman–Crippen MR) is 100 cm³/mol. The summed E-state index contributed by atoms with van der Waals surface area (Å²) in [6.45, 7) is 0. The minimum atomic E-state index is -4.40. The van der Waals surface area contributed by atoms with E-state index in [1.165, 1.54) is 0 Å². The van der Waals surface area contributed by atoms with Crippen LogP contribution in [0.2, 0.25) is 0 Å². The van der Waals surface area contributed by atoms with Gasteiger partial charge in [0.25, 0.3) is 0 Å². The predicted octanol–water partition coefficient (Wildman–Crippen LogP) is 4.98. The molecule has 10 heteroatoms. The SMILES string of the molecule is O=C(O)c1n[nH]nc1-c1ccc(-c2ccc(-c3ncc(C(F)(F)F)s3)cc2)cc1. The van der Waals surface area contributed by atoms with E-state index in [0.29, 0.717) is 27.5 Å². The van der Waals surface area contributed by atoms with Gasteiger partial charge in [0.1, 0.15) is 15.6 Å². The van der Waals surface area contributed by atoms with Gasteiger partial charge in [-0.25, -0.2) is 9.78 Å². The summed E-state index contributed by atoms with van der Waals surface area (Å²) in [5, 5.41) is 19.2. The van der Waals surface area contributed by atoms with Crippen molar-refractivity contribution in [2.75, 3.05) is 0 Å². The second-order valence-corrected chi connectivity index (χ2v) is 7.04. The molecule has 4 rings (SSSR count). The first-order valence-corrected chi connectivity index (χ1v) is 9.03. The number of benzene rings is 2. The summed E-state index contributed by atoms with van der Waals surface area (Å²) in [5.41, 5.74) is 2.98. The average molecular weight is 416 g/mol. The molecule has 0 spiro atoms. The molecule has 29 heavy (non-hydrogen) atoms. The summed E-state index contributed by atoms with van der Waals surface area (Å²) >= 11 is 0.599. The number of halogens is 3. The third kappa shape index (κ3) is 3.74. The average Bonchev–Trinajstić information content (AvgIpc) is 3.38. The second-order valence-electron chi connectivity index (χ2n) is 6.01. The van der Waals surface area contributed by atoms with Crippen LogP contribution in [-0.2, 0) is 6.18 Å². The third-order valence-corrected chi connectivity index (χ3v) is 5.25. The Labute approximate surface area is 165 Å². The molecule has 0 saturated carbocycles. The fraction of sp³-hybridized carbons (Fsp3) is 0.0526. The highest BCUT2D eigenvalue weighted by Gasteiger charge is 2.33. The maximum atomic E-state index is 12.7. The molecule has 0 fully saturated rings. The van der Waals surface area contributed by atoms with Crippen LogP contribution in [0.5, 0.6) is 0 Å². The Bertz CT molecular complexity index is 1170. The van der Waals surface area contributed by atoms with Gasteiger partial charge in [-0.3, -0.25) is 0 Å². The van der Waals surface area contributed by atoms with Gasteiger partial charge in [-0.2, -0.15) is 23.5 Å². The molecular weight excluding hydrogens is 405 g/mol. The fourth-order valence-electron chi connectivity index (χ4n) is 2.75. The zero-order valence-electron chi connectivity index (χ0n) is 14.4. The number of thiazole rings is 1. The van der Waals surface area contributed by atoms with E-state index in [-0.39, 0.29) is 11.4 Å². The summed E-state index contributed by atoms with van der Waals surface area (Å²) in [7, 11) is 0. The van der Waals surface area contributed by atoms with E-state index >= 15 is 0 Å². The number of carbonyl (C=O) groups is 1. The highest BCUT2D eigenvalue weighted by atomic mass is 32.1. The summed E-state index contributed by atoms with van der Waals surface area (Å²) < 4.78 is 38.2. The summed E-state index contributed by atoms with van der Waals surface area (Å²) in [6.07, 6.45) is -3.57. The molecule has 2 N–H and O–H groups in total. The Morgan fingerprint density at radius 2 is 1.45 bits per heavy atom. The van der Waals surface area contributed by atoms with E-state index in [2.05, 4.69) is 20.4 Å². The molecule has 0 aliphatic rings. The largest absolute Gasteiger partial charge is 0.476 e. The molecule has 146 valence electrons. The number of H-pyrrole nitrogens is 1. The number of hydrogen-bond donors (Lipinski definition) is 2. The Morgan fingerprint density at radius 3 is 1.97 bits per heavy atom. The normalized spacial score (nSPS) is 11.6. The Kier molecular flexibility index (Phi) is 4.63. The van der Waals surface area contributed by atoms with Crippen molar-refractivity contribution < 1.29 is 23.1 Å². The molecule has 0 radical (unpaired) electrons. The minimum Gasteiger partial charge on any atom is -0.476 e. The number of alkyl halides is 3. The van der Waals surface area contributed by atoms with Crippen LogP contribution in [0.3, 0.4) is 0 Å². The number of hydrogen-bond acceptors (Lipinski definition) is 5. The van der Waals surface area contributed by atoms with Gasteiger partial charge in [0, 0.05) is 11.1 Å². The van der Waals surface area contributed by atoms with Gasteiger partial charge in [0.2, 0.25) is 0 Å². The number of rotatable bonds is 4. The van der Waals surface area contributed by atoms with Crippen LogP contribution in [0.4, 0.5) is 13.2 Å². The smallest absolute Gasteiger partial charge is 0.427 e. The van der Waals surface area contributed by atoms with Crippen LogP contribution in [0, 0.1) is 0 Å². The quantitative estimate of drug-likeness (QED) is 0.490. The molecule has 6 nitrogen and oxygen atoms in total. The maximum absolute atomic E-state index is 12.7. The molecule has 0 atom stereocenters. The highest BCUT2D eigenvalue weighted by molar-refractivity contribution is 7.15. The topological polar surface area (TPSA) is 91.8 Å². The van der Waals surface area contributed by atoms with Crippen LogP contribution in [0.25, 0.3) is 33.0 Å². The summed E-state index contributed by atoms with van der Waals surface area (Å²) in [4.78, 5) is 14.3. The first-order valence-electron chi connectivity index (χ1n) is 8.21. The molecule has 0 aliphatic carbocycles. The number of aromatic nitrogens is 4. The van der Waals surface area contributed by atoms with Crippen LogP contribution < -0.4 is 0 Å². The van der Waals surface area contributed by atoms with Crippen molar-refractivity contribution in [3.8, 4) is 33.0 Å². The fourth-order valence-corrected chi connectivity index (χ4v) is 3.53. The van der Waals surface area contributed by atoms with Gasteiger partial charge >= 0.3 is 12.1 Å².